The van der Waals surface area contributed by atoms with E-state index in [4.69, 9.17) is 4.74 Å². The molecule has 4 heterocycles. The van der Waals surface area contributed by atoms with Crippen molar-refractivity contribution in [3.8, 4) is 0 Å². The zero-order chi connectivity index (χ0) is 21.8. The number of nitrogens with zero attached hydrogens (tertiary/aromatic N) is 7. The number of halogens is 2. The van der Waals surface area contributed by atoms with Crippen LogP contribution in [0.1, 0.15) is 37.1 Å². The molecule has 164 valence electrons. The maximum Gasteiger partial charge on any atom is 0.230 e. The van der Waals surface area contributed by atoms with Gasteiger partial charge in [-0.25, -0.2) is 13.8 Å². The van der Waals surface area contributed by atoms with Crippen LogP contribution in [0.2, 0.25) is 0 Å². The van der Waals surface area contributed by atoms with Crippen molar-refractivity contribution in [3.05, 3.63) is 53.6 Å². The first-order valence-corrected chi connectivity index (χ1v) is 10.2. The number of ether oxygens (including phenoxy) is 1. The van der Waals surface area contributed by atoms with Gasteiger partial charge < -0.3 is 19.5 Å². The van der Waals surface area contributed by atoms with Crippen LogP contribution in [0.3, 0.4) is 0 Å². The summed E-state index contributed by atoms with van der Waals surface area (Å²) in [6, 6.07) is 0.232. The molecule has 0 radical (unpaired) electrons. The molecule has 11 heteroatoms. The molecule has 1 aliphatic rings. The lowest BCUT2D eigenvalue weighted by molar-refractivity contribution is 0.122. The molecule has 1 fully saturated rings. The lowest BCUT2D eigenvalue weighted by atomic mass is 10.2. The second kappa shape index (κ2) is 9.29. The second-order valence-corrected chi connectivity index (χ2v) is 7.23. The zero-order valence-corrected chi connectivity index (χ0v) is 17.4. The number of anilines is 2. The van der Waals surface area contributed by atoms with Crippen LogP contribution in [-0.2, 0) is 17.7 Å². The molecule has 0 saturated carbocycles. The summed E-state index contributed by atoms with van der Waals surface area (Å²) >= 11 is 0. The van der Waals surface area contributed by atoms with Gasteiger partial charge in [0.2, 0.25) is 11.9 Å². The van der Waals surface area contributed by atoms with E-state index < -0.39 is 17.7 Å². The summed E-state index contributed by atoms with van der Waals surface area (Å²) in [4.78, 5) is 23.9. The highest BCUT2D eigenvalue weighted by Crippen LogP contribution is 2.21. The number of morpholine rings is 1. The number of aryl methyl sites for hydroxylation is 1. The van der Waals surface area contributed by atoms with E-state index >= 15 is 0 Å². The van der Waals surface area contributed by atoms with Gasteiger partial charge in [0, 0.05) is 31.9 Å². The minimum atomic E-state index is -0.729. The Hall–Kier alpha value is -3.21. The summed E-state index contributed by atoms with van der Waals surface area (Å²) in [5, 5.41) is 3.07. The van der Waals surface area contributed by atoms with Gasteiger partial charge in [-0.05, 0) is 13.8 Å². The third kappa shape index (κ3) is 5.10. The van der Waals surface area contributed by atoms with Gasteiger partial charge in [0.25, 0.3) is 0 Å². The summed E-state index contributed by atoms with van der Waals surface area (Å²) in [6.07, 6.45) is 5.13. The van der Waals surface area contributed by atoms with Gasteiger partial charge >= 0.3 is 0 Å². The Balaban J connectivity index is 1.61. The molecule has 0 amide bonds. The van der Waals surface area contributed by atoms with Crippen LogP contribution in [0.15, 0.2) is 24.8 Å². The van der Waals surface area contributed by atoms with Crippen molar-refractivity contribution in [2.75, 3.05) is 36.5 Å². The molecule has 31 heavy (non-hydrogen) atoms. The molecule has 4 rings (SSSR count). The smallest absolute Gasteiger partial charge is 0.230 e. The van der Waals surface area contributed by atoms with Crippen molar-refractivity contribution in [2.24, 2.45) is 0 Å². The van der Waals surface area contributed by atoms with E-state index in [9.17, 15) is 8.78 Å². The van der Waals surface area contributed by atoms with Crippen molar-refractivity contribution in [1.29, 1.82) is 0 Å². The van der Waals surface area contributed by atoms with Gasteiger partial charge in [-0.15, -0.1) is 0 Å². The summed E-state index contributed by atoms with van der Waals surface area (Å²) in [5.74, 6) is -0.102. The molecule has 1 N–H and O–H groups in total. The van der Waals surface area contributed by atoms with Gasteiger partial charge in [-0.3, -0.25) is 4.98 Å². The van der Waals surface area contributed by atoms with Gasteiger partial charge in [-0.2, -0.15) is 15.0 Å². The number of nitrogens with one attached hydrogen (secondary N) is 1. The Morgan fingerprint density at radius 2 is 1.97 bits per heavy atom. The van der Waals surface area contributed by atoms with Gasteiger partial charge in [-0.1, -0.05) is 0 Å². The maximum absolute atomic E-state index is 14.1. The molecule has 0 unspecified atom stereocenters. The summed E-state index contributed by atoms with van der Waals surface area (Å²) in [5.41, 5.74) is 0.921. The fraction of sp³-hybridized carbons (Fsp3) is 0.450. The Morgan fingerprint density at radius 3 is 2.68 bits per heavy atom. The number of hydrogen-bond acceptors (Lipinski definition) is 8. The predicted octanol–water partition coefficient (Wildman–Crippen LogP) is 2.36. The number of hydrogen-bond donors (Lipinski definition) is 1. The molecule has 1 saturated heterocycles. The van der Waals surface area contributed by atoms with Crippen LogP contribution in [-0.4, -0.2) is 55.8 Å². The van der Waals surface area contributed by atoms with Crippen molar-refractivity contribution >= 4 is 11.9 Å². The minimum Gasteiger partial charge on any atom is -0.378 e. The SMILES string of the molecule is CCn1cnc(Cc2nc(N[C@@H](C)c3ncc(F)cc3F)nc(N3CCOCC3)n2)c1. The van der Waals surface area contributed by atoms with Crippen molar-refractivity contribution in [1.82, 2.24) is 29.5 Å². The third-order valence-corrected chi connectivity index (χ3v) is 4.95. The Bertz CT molecular complexity index is 1040. The Morgan fingerprint density at radius 1 is 1.16 bits per heavy atom. The van der Waals surface area contributed by atoms with E-state index in [1.807, 2.05) is 22.6 Å². The standard InChI is InChI=1S/C20H24F2N8O/c1-3-29-11-15(24-12-29)9-17-26-19(28-20(27-17)30-4-6-31-7-5-30)25-13(2)18-16(22)8-14(21)10-23-18/h8,10-13H,3-7,9H2,1-2H3,(H,25,26,27,28)/t13-/m0/s1. The lowest BCUT2D eigenvalue weighted by Crippen LogP contribution is -2.37. The molecular formula is C20H24F2N8O. The third-order valence-electron chi connectivity index (χ3n) is 4.95. The highest BCUT2D eigenvalue weighted by molar-refractivity contribution is 5.39. The Labute approximate surface area is 178 Å². The maximum atomic E-state index is 14.1. The van der Waals surface area contributed by atoms with Gasteiger partial charge in [0.05, 0.1) is 49.6 Å². The van der Waals surface area contributed by atoms with Crippen molar-refractivity contribution in [2.45, 2.75) is 32.9 Å². The highest BCUT2D eigenvalue weighted by Gasteiger charge is 2.20. The number of imidazole rings is 1. The van der Waals surface area contributed by atoms with Crippen LogP contribution < -0.4 is 10.2 Å². The van der Waals surface area contributed by atoms with Crippen LogP contribution in [0, 0.1) is 11.6 Å². The quantitative estimate of drug-likeness (QED) is 0.611. The molecule has 1 aliphatic heterocycles. The van der Waals surface area contributed by atoms with E-state index in [-0.39, 0.29) is 5.69 Å². The van der Waals surface area contributed by atoms with Crippen LogP contribution in [0.25, 0.3) is 0 Å². The highest BCUT2D eigenvalue weighted by atomic mass is 19.1. The van der Waals surface area contributed by atoms with Gasteiger partial charge in [0.1, 0.15) is 17.5 Å². The second-order valence-electron chi connectivity index (χ2n) is 7.23. The van der Waals surface area contributed by atoms with E-state index in [0.29, 0.717) is 50.4 Å². The molecule has 0 aliphatic carbocycles. The fourth-order valence-electron chi connectivity index (χ4n) is 3.29. The summed E-state index contributed by atoms with van der Waals surface area (Å²) in [7, 11) is 0. The molecule has 3 aromatic heterocycles. The van der Waals surface area contributed by atoms with Crippen LogP contribution >= 0.6 is 0 Å². The summed E-state index contributed by atoms with van der Waals surface area (Å²) < 4.78 is 34.7. The molecule has 9 nitrogen and oxygen atoms in total. The zero-order valence-electron chi connectivity index (χ0n) is 17.4. The van der Waals surface area contributed by atoms with Crippen molar-refractivity contribution in [3.63, 3.8) is 0 Å². The van der Waals surface area contributed by atoms with E-state index in [1.165, 1.54) is 0 Å². The number of pyridine rings is 1. The average molecular weight is 430 g/mol. The van der Waals surface area contributed by atoms with E-state index in [2.05, 4.69) is 30.2 Å². The molecule has 0 aromatic carbocycles. The number of rotatable bonds is 7. The molecule has 1 atom stereocenters. The molecule has 0 spiro atoms. The normalized spacial score (nSPS) is 15.2. The fourth-order valence-corrected chi connectivity index (χ4v) is 3.29. The monoisotopic (exact) mass is 430 g/mol. The number of aromatic nitrogens is 6. The van der Waals surface area contributed by atoms with Crippen molar-refractivity contribution < 1.29 is 13.5 Å². The largest absolute Gasteiger partial charge is 0.378 e. The minimum absolute atomic E-state index is 0.0815. The van der Waals surface area contributed by atoms with Crippen LogP contribution in [0.4, 0.5) is 20.7 Å². The topological polar surface area (TPSA) is 93.9 Å². The predicted molar refractivity (Wildman–Crippen MR) is 110 cm³/mol. The summed E-state index contributed by atoms with van der Waals surface area (Å²) in [6.45, 7) is 7.08. The van der Waals surface area contributed by atoms with Gasteiger partial charge in [0.15, 0.2) is 0 Å². The molecule has 3 aromatic rings. The average Bonchev–Trinajstić information content (AvgIpc) is 3.21. The first-order valence-electron chi connectivity index (χ1n) is 10.2. The van der Waals surface area contributed by atoms with E-state index in [0.717, 1.165) is 24.5 Å². The first-order chi connectivity index (χ1) is 15.0. The lowest BCUT2D eigenvalue weighted by Gasteiger charge is -2.27. The first kappa shape index (κ1) is 21.0. The molecular weight excluding hydrogens is 406 g/mol. The molecule has 0 bridgehead atoms. The van der Waals surface area contributed by atoms with Crippen LogP contribution in [0.5, 0.6) is 0 Å². The van der Waals surface area contributed by atoms with E-state index in [1.54, 1.807) is 13.3 Å². The Kier molecular flexibility index (Phi) is 6.31.